The van der Waals surface area contributed by atoms with Crippen LogP contribution < -0.4 is 15.5 Å². The molecule has 0 spiro atoms. The van der Waals surface area contributed by atoms with Gasteiger partial charge in [0.1, 0.15) is 0 Å². The number of nitrogen functional groups attached to an aromatic ring is 1. The first-order valence-electron chi connectivity index (χ1n) is 6.54. The number of benzene rings is 2. The SMILES string of the molecule is CN(C)c1cccc(N2Cc3cccc(N)c3C2)c1. The van der Waals surface area contributed by atoms with Crippen molar-refractivity contribution >= 4 is 17.1 Å². The van der Waals surface area contributed by atoms with Crippen LogP contribution in [0.15, 0.2) is 42.5 Å². The topological polar surface area (TPSA) is 32.5 Å². The van der Waals surface area contributed by atoms with Gasteiger partial charge in [-0.05, 0) is 35.4 Å². The van der Waals surface area contributed by atoms with E-state index in [-0.39, 0.29) is 0 Å². The second-order valence-electron chi connectivity index (χ2n) is 5.26. The molecule has 0 amide bonds. The molecule has 0 aliphatic carbocycles. The number of anilines is 3. The minimum absolute atomic E-state index is 0.902. The van der Waals surface area contributed by atoms with E-state index in [0.717, 1.165) is 18.8 Å². The highest BCUT2D eigenvalue weighted by atomic mass is 15.2. The summed E-state index contributed by atoms with van der Waals surface area (Å²) in [6, 6.07) is 14.8. The highest BCUT2D eigenvalue weighted by Gasteiger charge is 2.21. The zero-order valence-corrected chi connectivity index (χ0v) is 11.4. The van der Waals surface area contributed by atoms with E-state index in [1.807, 2.05) is 12.1 Å². The molecule has 0 atom stereocenters. The van der Waals surface area contributed by atoms with Gasteiger partial charge in [-0.1, -0.05) is 18.2 Å². The monoisotopic (exact) mass is 253 g/mol. The third kappa shape index (κ3) is 2.12. The molecular formula is C16H19N3. The third-order valence-corrected chi connectivity index (χ3v) is 3.73. The fourth-order valence-corrected chi connectivity index (χ4v) is 2.60. The number of hydrogen-bond acceptors (Lipinski definition) is 3. The number of nitrogens with zero attached hydrogens (tertiary/aromatic N) is 2. The van der Waals surface area contributed by atoms with Gasteiger partial charge in [0.05, 0.1) is 0 Å². The van der Waals surface area contributed by atoms with Gasteiger partial charge in [0, 0.05) is 44.2 Å². The molecule has 19 heavy (non-hydrogen) atoms. The summed E-state index contributed by atoms with van der Waals surface area (Å²) < 4.78 is 0. The van der Waals surface area contributed by atoms with Crippen molar-refractivity contribution in [2.24, 2.45) is 0 Å². The molecule has 0 saturated carbocycles. The van der Waals surface area contributed by atoms with E-state index < -0.39 is 0 Å². The van der Waals surface area contributed by atoms with Gasteiger partial charge in [-0.25, -0.2) is 0 Å². The van der Waals surface area contributed by atoms with Crippen molar-refractivity contribution in [2.75, 3.05) is 29.6 Å². The Morgan fingerprint density at radius 2 is 1.84 bits per heavy atom. The summed E-state index contributed by atoms with van der Waals surface area (Å²) in [7, 11) is 4.13. The van der Waals surface area contributed by atoms with E-state index in [2.05, 4.69) is 54.2 Å². The van der Waals surface area contributed by atoms with Crippen molar-refractivity contribution in [3.63, 3.8) is 0 Å². The van der Waals surface area contributed by atoms with E-state index in [9.17, 15) is 0 Å². The highest BCUT2D eigenvalue weighted by molar-refractivity contribution is 5.63. The van der Waals surface area contributed by atoms with Crippen molar-refractivity contribution < 1.29 is 0 Å². The first-order valence-corrected chi connectivity index (χ1v) is 6.54. The van der Waals surface area contributed by atoms with Crippen molar-refractivity contribution in [3.8, 4) is 0 Å². The summed E-state index contributed by atoms with van der Waals surface area (Å²) in [6.45, 7) is 1.84. The predicted octanol–water partition coefficient (Wildman–Crippen LogP) is 2.86. The first-order chi connectivity index (χ1) is 9.15. The predicted molar refractivity (Wildman–Crippen MR) is 81.5 cm³/mol. The maximum atomic E-state index is 6.06. The molecule has 0 fully saturated rings. The van der Waals surface area contributed by atoms with Crippen LogP contribution >= 0.6 is 0 Å². The second kappa shape index (κ2) is 4.50. The molecule has 0 saturated heterocycles. The summed E-state index contributed by atoms with van der Waals surface area (Å²) in [5, 5.41) is 0. The zero-order valence-electron chi connectivity index (χ0n) is 11.4. The van der Waals surface area contributed by atoms with Crippen LogP contribution in [-0.4, -0.2) is 14.1 Å². The van der Waals surface area contributed by atoms with Crippen LogP contribution in [0.1, 0.15) is 11.1 Å². The maximum absolute atomic E-state index is 6.06. The van der Waals surface area contributed by atoms with E-state index in [1.165, 1.54) is 22.5 Å². The molecule has 0 bridgehead atoms. The lowest BCUT2D eigenvalue weighted by atomic mass is 10.1. The van der Waals surface area contributed by atoms with Crippen LogP contribution in [0.25, 0.3) is 0 Å². The zero-order chi connectivity index (χ0) is 13.4. The minimum Gasteiger partial charge on any atom is -0.398 e. The van der Waals surface area contributed by atoms with Crippen molar-refractivity contribution in [1.82, 2.24) is 0 Å². The third-order valence-electron chi connectivity index (χ3n) is 3.73. The Bertz CT molecular complexity index is 605. The lowest BCUT2D eigenvalue weighted by Crippen LogP contribution is -2.16. The van der Waals surface area contributed by atoms with E-state index in [4.69, 9.17) is 5.73 Å². The largest absolute Gasteiger partial charge is 0.398 e. The molecule has 2 N–H and O–H groups in total. The number of hydrogen-bond donors (Lipinski definition) is 1. The molecule has 1 aliphatic rings. The van der Waals surface area contributed by atoms with Crippen LogP contribution in [0, 0.1) is 0 Å². The van der Waals surface area contributed by atoms with Crippen LogP contribution in [0.2, 0.25) is 0 Å². The van der Waals surface area contributed by atoms with Crippen LogP contribution in [-0.2, 0) is 13.1 Å². The lowest BCUT2D eigenvalue weighted by Gasteiger charge is -2.20. The molecule has 1 heterocycles. The summed E-state index contributed by atoms with van der Waals surface area (Å²) in [5.74, 6) is 0. The standard InChI is InChI=1S/C16H19N3/c1-18(2)13-6-4-7-14(9-13)19-10-12-5-3-8-16(17)15(12)11-19/h3-9H,10-11,17H2,1-2H3. The van der Waals surface area contributed by atoms with Gasteiger partial charge < -0.3 is 15.5 Å². The molecule has 98 valence electrons. The molecule has 0 aromatic heterocycles. The van der Waals surface area contributed by atoms with Gasteiger partial charge in [-0.2, -0.15) is 0 Å². The Hall–Kier alpha value is -2.16. The fourth-order valence-electron chi connectivity index (χ4n) is 2.60. The number of nitrogens with two attached hydrogens (primary N) is 1. The van der Waals surface area contributed by atoms with Gasteiger partial charge in [0.15, 0.2) is 0 Å². The van der Waals surface area contributed by atoms with Crippen LogP contribution in [0.3, 0.4) is 0 Å². The summed E-state index contributed by atoms with van der Waals surface area (Å²) in [6.07, 6.45) is 0. The highest BCUT2D eigenvalue weighted by Crippen LogP contribution is 2.32. The van der Waals surface area contributed by atoms with E-state index >= 15 is 0 Å². The number of fused-ring (bicyclic) bond motifs is 1. The Balaban J connectivity index is 1.91. The minimum atomic E-state index is 0.902. The van der Waals surface area contributed by atoms with Crippen LogP contribution in [0.5, 0.6) is 0 Å². The van der Waals surface area contributed by atoms with Crippen molar-refractivity contribution in [1.29, 1.82) is 0 Å². The second-order valence-corrected chi connectivity index (χ2v) is 5.26. The van der Waals surface area contributed by atoms with E-state index in [1.54, 1.807) is 0 Å². The Labute approximate surface area is 114 Å². The van der Waals surface area contributed by atoms with Gasteiger partial charge in [0.25, 0.3) is 0 Å². The first kappa shape index (κ1) is 11.9. The Morgan fingerprint density at radius 1 is 1.05 bits per heavy atom. The molecule has 3 rings (SSSR count). The molecule has 3 nitrogen and oxygen atoms in total. The smallest absolute Gasteiger partial charge is 0.0457 e. The van der Waals surface area contributed by atoms with E-state index in [0.29, 0.717) is 0 Å². The van der Waals surface area contributed by atoms with Crippen molar-refractivity contribution in [3.05, 3.63) is 53.6 Å². The maximum Gasteiger partial charge on any atom is 0.0457 e. The average Bonchev–Trinajstić information content (AvgIpc) is 2.84. The summed E-state index contributed by atoms with van der Waals surface area (Å²) in [5.41, 5.74) is 12.1. The summed E-state index contributed by atoms with van der Waals surface area (Å²) >= 11 is 0. The normalized spacial score (nSPS) is 13.5. The average molecular weight is 253 g/mol. The number of rotatable bonds is 2. The molecule has 2 aromatic carbocycles. The fraction of sp³-hybridized carbons (Fsp3) is 0.250. The lowest BCUT2D eigenvalue weighted by molar-refractivity contribution is 0.880. The molecule has 0 radical (unpaired) electrons. The molecule has 2 aromatic rings. The van der Waals surface area contributed by atoms with Crippen LogP contribution in [0.4, 0.5) is 17.1 Å². The molecule has 0 unspecified atom stereocenters. The molecule has 3 heteroatoms. The van der Waals surface area contributed by atoms with Crippen molar-refractivity contribution in [2.45, 2.75) is 13.1 Å². The Morgan fingerprint density at radius 3 is 2.58 bits per heavy atom. The molecule has 1 aliphatic heterocycles. The molecular weight excluding hydrogens is 234 g/mol. The van der Waals surface area contributed by atoms with Gasteiger partial charge in [-0.3, -0.25) is 0 Å². The summed E-state index contributed by atoms with van der Waals surface area (Å²) in [4.78, 5) is 4.50. The van der Waals surface area contributed by atoms with Gasteiger partial charge >= 0.3 is 0 Å². The van der Waals surface area contributed by atoms with Gasteiger partial charge in [-0.15, -0.1) is 0 Å². The van der Waals surface area contributed by atoms with Gasteiger partial charge in [0.2, 0.25) is 0 Å². The Kier molecular flexibility index (Phi) is 2.82. The quantitative estimate of drug-likeness (QED) is 0.835.